The maximum Gasteiger partial charge on any atom is 0.410 e. The van der Waals surface area contributed by atoms with Crippen LogP contribution in [-0.4, -0.2) is 60.7 Å². The van der Waals surface area contributed by atoms with Gasteiger partial charge in [-0.3, -0.25) is 4.79 Å². The average Bonchev–Trinajstić information content (AvgIpc) is 3.51. The number of rotatable bonds is 7. The molecular formula is C30H38ClN7O3. The van der Waals surface area contributed by atoms with Crippen LogP contribution in [-0.2, 0) is 17.7 Å². The quantitative estimate of drug-likeness (QED) is 0.252. The van der Waals surface area contributed by atoms with Gasteiger partial charge in [-0.25, -0.2) is 14.8 Å². The Bertz CT molecular complexity index is 1610. The molecule has 10 nitrogen and oxygen atoms in total. The number of pyridine rings is 1. The second-order valence-electron chi connectivity index (χ2n) is 11.6. The highest BCUT2D eigenvalue weighted by Gasteiger charge is 2.28. The van der Waals surface area contributed by atoms with Crippen molar-refractivity contribution >= 4 is 34.4 Å². The molecule has 0 bridgehead atoms. The third-order valence-electron chi connectivity index (χ3n) is 7.48. The number of nitrogens with one attached hydrogen (secondary N) is 3. The fourth-order valence-corrected chi connectivity index (χ4v) is 5.67. The van der Waals surface area contributed by atoms with Gasteiger partial charge < -0.3 is 29.5 Å². The third-order valence-corrected chi connectivity index (χ3v) is 7.91. The number of benzene rings is 1. The lowest BCUT2D eigenvalue weighted by Crippen LogP contribution is -2.41. The topological polar surface area (TPSA) is 121 Å². The van der Waals surface area contributed by atoms with Gasteiger partial charge in [0.15, 0.2) is 0 Å². The molecule has 41 heavy (non-hydrogen) atoms. The smallest absolute Gasteiger partial charge is 0.410 e. The minimum absolute atomic E-state index is 0.227. The van der Waals surface area contributed by atoms with Crippen LogP contribution in [0.15, 0.2) is 35.5 Å². The number of anilines is 1. The number of nitrogens with zero attached hydrogens (tertiary/aromatic N) is 4. The van der Waals surface area contributed by atoms with Crippen LogP contribution in [0, 0.1) is 6.92 Å². The monoisotopic (exact) mass is 579 g/mol. The van der Waals surface area contributed by atoms with Crippen molar-refractivity contribution in [3.05, 3.63) is 63.1 Å². The first-order chi connectivity index (χ1) is 19.5. The van der Waals surface area contributed by atoms with E-state index in [4.69, 9.17) is 21.3 Å². The van der Waals surface area contributed by atoms with E-state index in [-0.39, 0.29) is 11.7 Å². The summed E-state index contributed by atoms with van der Waals surface area (Å²) in [5.74, 6) is 0.835. The van der Waals surface area contributed by atoms with Crippen molar-refractivity contribution in [2.75, 3.05) is 25.0 Å². The molecule has 0 saturated carbocycles. The number of imidazole rings is 2. The predicted octanol–water partition coefficient (Wildman–Crippen LogP) is 5.87. The number of ether oxygens (including phenoxy) is 1. The molecule has 1 aliphatic rings. The summed E-state index contributed by atoms with van der Waals surface area (Å²) in [5.41, 5.74) is 5.20. The molecule has 0 spiro atoms. The van der Waals surface area contributed by atoms with Crippen molar-refractivity contribution in [3.63, 3.8) is 0 Å². The number of piperidine rings is 1. The number of halogens is 1. The zero-order chi connectivity index (χ0) is 29.3. The average molecular weight is 580 g/mol. The zero-order valence-corrected chi connectivity index (χ0v) is 25.1. The lowest BCUT2D eigenvalue weighted by molar-refractivity contribution is 0.0205. The summed E-state index contributed by atoms with van der Waals surface area (Å²) in [5, 5.41) is 4.01. The number of aromatic amines is 2. The highest BCUT2D eigenvalue weighted by atomic mass is 35.5. The number of aryl methyl sites for hydroxylation is 2. The van der Waals surface area contributed by atoms with Crippen molar-refractivity contribution in [1.82, 2.24) is 29.4 Å². The Kier molecular flexibility index (Phi) is 8.13. The summed E-state index contributed by atoms with van der Waals surface area (Å²) in [4.78, 5) is 42.7. The van der Waals surface area contributed by atoms with E-state index in [2.05, 4.69) is 32.4 Å². The molecule has 4 heterocycles. The molecule has 1 saturated heterocycles. The number of H-pyrrole nitrogens is 2. The Hall–Kier alpha value is -3.79. The number of hydrogen-bond donors (Lipinski definition) is 3. The molecule has 0 atom stereocenters. The van der Waals surface area contributed by atoms with Gasteiger partial charge in [-0.05, 0) is 76.6 Å². The summed E-state index contributed by atoms with van der Waals surface area (Å²) in [6.45, 7) is 12.3. The van der Waals surface area contributed by atoms with Crippen LogP contribution in [0.3, 0.4) is 0 Å². The Morgan fingerprint density at radius 2 is 2.00 bits per heavy atom. The van der Waals surface area contributed by atoms with Crippen molar-refractivity contribution in [3.8, 4) is 11.4 Å². The van der Waals surface area contributed by atoms with Gasteiger partial charge in [0.2, 0.25) is 0 Å². The van der Waals surface area contributed by atoms with Crippen LogP contribution >= 0.6 is 11.6 Å². The lowest BCUT2D eigenvalue weighted by Gasteiger charge is -2.33. The largest absolute Gasteiger partial charge is 0.444 e. The van der Waals surface area contributed by atoms with E-state index >= 15 is 0 Å². The van der Waals surface area contributed by atoms with Gasteiger partial charge in [-0.15, -0.1) is 0 Å². The van der Waals surface area contributed by atoms with Crippen LogP contribution in [0.1, 0.15) is 63.3 Å². The van der Waals surface area contributed by atoms with E-state index in [1.54, 1.807) is 17.4 Å². The third kappa shape index (κ3) is 6.27. The number of carbonyl (C=O) groups excluding carboxylic acids is 1. The zero-order valence-electron chi connectivity index (χ0n) is 24.3. The second-order valence-corrected chi connectivity index (χ2v) is 12.0. The van der Waals surface area contributed by atoms with E-state index in [1.807, 2.05) is 45.3 Å². The van der Waals surface area contributed by atoms with Gasteiger partial charge >= 0.3 is 6.09 Å². The van der Waals surface area contributed by atoms with Crippen LogP contribution in [0.4, 0.5) is 10.5 Å². The van der Waals surface area contributed by atoms with Crippen LogP contribution in [0.25, 0.3) is 22.4 Å². The predicted molar refractivity (Wildman–Crippen MR) is 162 cm³/mol. The maximum absolute atomic E-state index is 13.0. The second kappa shape index (κ2) is 11.6. The minimum Gasteiger partial charge on any atom is -0.444 e. The molecule has 5 rings (SSSR count). The first-order valence-electron chi connectivity index (χ1n) is 14.2. The number of carbonyl (C=O) groups is 1. The van der Waals surface area contributed by atoms with Crippen LogP contribution in [0.5, 0.6) is 0 Å². The van der Waals surface area contributed by atoms with Gasteiger partial charge in [-0.1, -0.05) is 17.7 Å². The van der Waals surface area contributed by atoms with E-state index < -0.39 is 5.60 Å². The van der Waals surface area contributed by atoms with E-state index in [1.165, 1.54) is 5.56 Å². The maximum atomic E-state index is 13.0. The van der Waals surface area contributed by atoms with E-state index in [0.717, 1.165) is 41.7 Å². The SMILES string of the molecule is CCn1cnc(CCNc2cc[nH]c(=O)c2-c2nc3c(C)cc(C4CCN(C(=O)OC(C)(C)C)CC4)cc3[nH]2)c1Cl. The van der Waals surface area contributed by atoms with E-state index in [0.29, 0.717) is 54.2 Å². The molecule has 3 aromatic heterocycles. The molecule has 1 fully saturated rings. The van der Waals surface area contributed by atoms with Crippen LogP contribution in [0.2, 0.25) is 5.15 Å². The molecule has 3 N–H and O–H groups in total. The summed E-state index contributed by atoms with van der Waals surface area (Å²) < 4.78 is 7.44. The van der Waals surface area contributed by atoms with Gasteiger partial charge in [0, 0.05) is 38.8 Å². The normalized spacial score (nSPS) is 14.5. The van der Waals surface area contributed by atoms with Gasteiger partial charge in [0.05, 0.1) is 28.7 Å². The molecule has 0 aliphatic carbocycles. The summed E-state index contributed by atoms with van der Waals surface area (Å²) in [7, 11) is 0. The highest BCUT2D eigenvalue weighted by Crippen LogP contribution is 2.33. The van der Waals surface area contributed by atoms with Gasteiger partial charge in [0.25, 0.3) is 5.56 Å². The number of hydrogen-bond acceptors (Lipinski definition) is 6. The van der Waals surface area contributed by atoms with Crippen LogP contribution < -0.4 is 10.9 Å². The molecule has 0 unspecified atom stereocenters. The number of likely N-dealkylation sites (tertiary alicyclic amines) is 1. The summed E-state index contributed by atoms with van der Waals surface area (Å²) in [6, 6.07) is 6.14. The molecule has 4 aromatic rings. The fourth-order valence-electron chi connectivity index (χ4n) is 5.37. The Labute approximate surface area is 244 Å². The molecular weight excluding hydrogens is 542 g/mol. The Morgan fingerprint density at radius 1 is 1.24 bits per heavy atom. The number of aromatic nitrogens is 5. The highest BCUT2D eigenvalue weighted by molar-refractivity contribution is 6.30. The lowest BCUT2D eigenvalue weighted by atomic mass is 9.88. The minimum atomic E-state index is -0.503. The molecule has 218 valence electrons. The number of amides is 1. The molecule has 11 heteroatoms. The van der Waals surface area contributed by atoms with Crippen molar-refractivity contribution < 1.29 is 9.53 Å². The van der Waals surface area contributed by atoms with Crippen molar-refractivity contribution in [1.29, 1.82) is 0 Å². The van der Waals surface area contributed by atoms with Gasteiger partial charge in [-0.2, -0.15) is 0 Å². The van der Waals surface area contributed by atoms with Crippen molar-refractivity contribution in [2.45, 2.75) is 71.9 Å². The first-order valence-corrected chi connectivity index (χ1v) is 14.6. The summed E-state index contributed by atoms with van der Waals surface area (Å²) >= 11 is 6.41. The fraction of sp³-hybridized carbons (Fsp3) is 0.467. The molecule has 0 radical (unpaired) electrons. The Balaban J connectivity index is 1.33. The van der Waals surface area contributed by atoms with Crippen molar-refractivity contribution in [2.24, 2.45) is 0 Å². The number of fused-ring (bicyclic) bond motifs is 1. The molecule has 1 amide bonds. The standard InChI is InChI=1S/C30H38ClN7O3/c1-6-37-17-34-22(26(37)31)8-11-32-21-7-12-33-28(39)24(21)27-35-23-16-20(15-18(2)25(23)36-27)19-9-13-38(14-10-19)29(40)41-30(3,4)5/h7,12,15-17,19H,6,8-11,13-14H2,1-5H3,(H,35,36)(H2,32,33,39). The van der Waals surface area contributed by atoms with E-state index in [9.17, 15) is 9.59 Å². The molecule has 1 aliphatic heterocycles. The molecule has 1 aromatic carbocycles. The Morgan fingerprint density at radius 3 is 2.68 bits per heavy atom. The summed E-state index contributed by atoms with van der Waals surface area (Å²) in [6.07, 6.45) is 5.45. The first kappa shape index (κ1) is 28.7. The van der Waals surface area contributed by atoms with Gasteiger partial charge in [0.1, 0.15) is 22.1 Å².